The number of imidazole rings is 1. The van der Waals surface area contributed by atoms with E-state index in [1.165, 1.54) is 0 Å². The number of amides is 1. The summed E-state index contributed by atoms with van der Waals surface area (Å²) in [5.41, 5.74) is 1.57. The van der Waals surface area contributed by atoms with E-state index in [0.717, 1.165) is 36.5 Å². The number of rotatable bonds is 3. The molecule has 0 saturated carbocycles. The lowest BCUT2D eigenvalue weighted by atomic mass is 9.96. The molecule has 1 aromatic carbocycles. The molecule has 3 heterocycles. The van der Waals surface area contributed by atoms with Gasteiger partial charge in [0, 0.05) is 37.0 Å². The number of hydrogen-bond acceptors (Lipinski definition) is 3. The molecule has 5 heteroatoms. The predicted octanol–water partition coefficient (Wildman–Crippen LogP) is 4.00. The lowest BCUT2D eigenvalue weighted by molar-refractivity contribution is 0.0705. The van der Waals surface area contributed by atoms with Crippen LogP contribution in [0.3, 0.4) is 0 Å². The zero-order valence-corrected chi connectivity index (χ0v) is 14.2. The summed E-state index contributed by atoms with van der Waals surface area (Å²) in [6.07, 6.45) is 5.63. The van der Waals surface area contributed by atoms with E-state index >= 15 is 0 Å². The van der Waals surface area contributed by atoms with Gasteiger partial charge in [0.25, 0.3) is 5.91 Å². The molecule has 4 rings (SSSR count). The van der Waals surface area contributed by atoms with Crippen LogP contribution in [0.1, 0.15) is 40.7 Å². The Morgan fingerprint density at radius 2 is 2.16 bits per heavy atom. The maximum atomic E-state index is 13.2. The van der Waals surface area contributed by atoms with Gasteiger partial charge in [-0.1, -0.05) is 30.3 Å². The van der Waals surface area contributed by atoms with E-state index in [2.05, 4.69) is 9.97 Å². The molecule has 1 fully saturated rings. The lowest BCUT2D eigenvalue weighted by Gasteiger charge is -2.31. The molecule has 2 aromatic heterocycles. The third-order valence-electron chi connectivity index (χ3n) is 4.74. The standard InChI is InChI=1S/C20H21N3O2/c1-14-12-17(18(25-14)15-6-3-2-4-7-15)20(24)23-11-5-8-16(13-23)19-21-9-10-22-19/h2-4,6-7,9-10,12,16H,5,8,11,13H2,1H3,(H,21,22)/t16-/m1/s1. The maximum Gasteiger partial charge on any atom is 0.257 e. The van der Waals surface area contributed by atoms with Crippen molar-refractivity contribution in [3.63, 3.8) is 0 Å². The van der Waals surface area contributed by atoms with Gasteiger partial charge in [-0.3, -0.25) is 4.79 Å². The third-order valence-corrected chi connectivity index (χ3v) is 4.74. The van der Waals surface area contributed by atoms with Crippen LogP contribution >= 0.6 is 0 Å². The van der Waals surface area contributed by atoms with Gasteiger partial charge >= 0.3 is 0 Å². The topological polar surface area (TPSA) is 62.1 Å². The molecule has 0 bridgehead atoms. The molecule has 0 radical (unpaired) electrons. The van der Waals surface area contributed by atoms with Gasteiger partial charge in [0.05, 0.1) is 5.56 Å². The van der Waals surface area contributed by atoms with Gasteiger partial charge in [-0.05, 0) is 25.8 Å². The number of benzene rings is 1. The van der Waals surface area contributed by atoms with Gasteiger partial charge in [0.2, 0.25) is 0 Å². The van der Waals surface area contributed by atoms with Gasteiger partial charge in [0.15, 0.2) is 0 Å². The summed E-state index contributed by atoms with van der Waals surface area (Å²) in [7, 11) is 0. The number of likely N-dealkylation sites (tertiary alicyclic amines) is 1. The van der Waals surface area contributed by atoms with Crippen molar-refractivity contribution in [1.82, 2.24) is 14.9 Å². The van der Waals surface area contributed by atoms with Crippen molar-refractivity contribution in [3.8, 4) is 11.3 Å². The second-order valence-electron chi connectivity index (χ2n) is 6.53. The Kier molecular flexibility index (Phi) is 4.14. The zero-order valence-electron chi connectivity index (χ0n) is 14.2. The van der Waals surface area contributed by atoms with E-state index < -0.39 is 0 Å². The molecular formula is C20H21N3O2. The monoisotopic (exact) mass is 335 g/mol. The zero-order chi connectivity index (χ0) is 17.2. The van der Waals surface area contributed by atoms with Gasteiger partial charge in [0.1, 0.15) is 17.3 Å². The van der Waals surface area contributed by atoms with E-state index in [1.54, 1.807) is 6.20 Å². The lowest BCUT2D eigenvalue weighted by Crippen LogP contribution is -2.39. The highest BCUT2D eigenvalue weighted by atomic mass is 16.3. The van der Waals surface area contributed by atoms with Crippen molar-refractivity contribution in [2.45, 2.75) is 25.7 Å². The molecule has 1 saturated heterocycles. The highest BCUT2D eigenvalue weighted by molar-refractivity contribution is 6.00. The van der Waals surface area contributed by atoms with Crippen molar-refractivity contribution in [2.75, 3.05) is 13.1 Å². The Morgan fingerprint density at radius 3 is 2.92 bits per heavy atom. The van der Waals surface area contributed by atoms with Crippen LogP contribution in [0.4, 0.5) is 0 Å². The predicted molar refractivity (Wildman–Crippen MR) is 95.3 cm³/mol. The number of H-pyrrole nitrogens is 1. The average molecular weight is 335 g/mol. The first-order valence-electron chi connectivity index (χ1n) is 8.67. The summed E-state index contributed by atoms with van der Waals surface area (Å²) in [6, 6.07) is 11.7. The Balaban J connectivity index is 1.61. The van der Waals surface area contributed by atoms with E-state index in [1.807, 2.05) is 54.4 Å². The van der Waals surface area contributed by atoms with Crippen molar-refractivity contribution in [2.24, 2.45) is 0 Å². The van der Waals surface area contributed by atoms with Crippen molar-refractivity contribution < 1.29 is 9.21 Å². The molecule has 1 N–H and O–H groups in total. The van der Waals surface area contributed by atoms with E-state index in [0.29, 0.717) is 17.9 Å². The summed E-state index contributed by atoms with van der Waals surface area (Å²) in [5.74, 6) is 2.67. The highest BCUT2D eigenvalue weighted by Gasteiger charge is 2.29. The smallest absolute Gasteiger partial charge is 0.257 e. The van der Waals surface area contributed by atoms with Gasteiger partial charge in [-0.2, -0.15) is 0 Å². The summed E-state index contributed by atoms with van der Waals surface area (Å²) >= 11 is 0. The molecule has 5 nitrogen and oxygen atoms in total. The largest absolute Gasteiger partial charge is 0.461 e. The molecule has 0 unspecified atom stereocenters. The second-order valence-corrected chi connectivity index (χ2v) is 6.53. The molecular weight excluding hydrogens is 314 g/mol. The van der Waals surface area contributed by atoms with Crippen LogP contribution in [0.2, 0.25) is 0 Å². The number of furan rings is 1. The van der Waals surface area contributed by atoms with Crippen molar-refractivity contribution >= 4 is 5.91 Å². The molecule has 0 aliphatic carbocycles. The number of nitrogens with zero attached hydrogens (tertiary/aromatic N) is 2. The number of carbonyl (C=O) groups excluding carboxylic acids is 1. The molecule has 1 amide bonds. The number of hydrogen-bond donors (Lipinski definition) is 1. The first-order chi connectivity index (χ1) is 12.2. The van der Waals surface area contributed by atoms with Crippen LogP contribution in [0.5, 0.6) is 0 Å². The molecule has 1 aliphatic rings. The minimum absolute atomic E-state index is 0.0342. The fourth-order valence-electron chi connectivity index (χ4n) is 3.53. The maximum absolute atomic E-state index is 13.2. The SMILES string of the molecule is Cc1cc(C(=O)N2CCC[C@@H](c3ncc[nH]3)C2)c(-c2ccccc2)o1. The van der Waals surface area contributed by atoms with E-state index in [4.69, 9.17) is 4.42 Å². The van der Waals surface area contributed by atoms with Crippen LogP contribution in [0, 0.1) is 6.92 Å². The Morgan fingerprint density at radius 1 is 1.32 bits per heavy atom. The number of carbonyl (C=O) groups is 1. The van der Waals surface area contributed by atoms with Crippen LogP contribution < -0.4 is 0 Å². The fraction of sp³-hybridized carbons (Fsp3) is 0.300. The van der Waals surface area contributed by atoms with E-state index in [-0.39, 0.29) is 11.8 Å². The van der Waals surface area contributed by atoms with Crippen LogP contribution in [-0.4, -0.2) is 33.9 Å². The first kappa shape index (κ1) is 15.7. The molecule has 1 atom stereocenters. The third kappa shape index (κ3) is 3.09. The molecule has 128 valence electrons. The number of aryl methyl sites for hydroxylation is 1. The molecule has 3 aromatic rings. The van der Waals surface area contributed by atoms with E-state index in [9.17, 15) is 4.79 Å². The molecule has 25 heavy (non-hydrogen) atoms. The summed E-state index contributed by atoms with van der Waals surface area (Å²) in [5, 5.41) is 0. The van der Waals surface area contributed by atoms with Gasteiger partial charge in [-0.25, -0.2) is 4.98 Å². The summed E-state index contributed by atoms with van der Waals surface area (Å²) in [4.78, 5) is 22.6. The summed E-state index contributed by atoms with van der Waals surface area (Å²) < 4.78 is 5.85. The number of aromatic nitrogens is 2. The Labute approximate surface area is 146 Å². The minimum atomic E-state index is 0.0342. The van der Waals surface area contributed by atoms with Gasteiger partial charge < -0.3 is 14.3 Å². The first-order valence-corrected chi connectivity index (χ1v) is 8.67. The van der Waals surface area contributed by atoms with Crippen molar-refractivity contribution in [1.29, 1.82) is 0 Å². The second kappa shape index (κ2) is 6.59. The van der Waals surface area contributed by atoms with Crippen LogP contribution in [0.25, 0.3) is 11.3 Å². The number of piperidine rings is 1. The number of aromatic amines is 1. The Bertz CT molecular complexity index is 852. The minimum Gasteiger partial charge on any atom is -0.461 e. The van der Waals surface area contributed by atoms with Crippen molar-refractivity contribution in [3.05, 3.63) is 65.9 Å². The average Bonchev–Trinajstić information content (AvgIpc) is 3.32. The fourth-order valence-corrected chi connectivity index (χ4v) is 3.53. The van der Waals surface area contributed by atoms with Crippen LogP contribution in [0.15, 0.2) is 53.2 Å². The van der Waals surface area contributed by atoms with Gasteiger partial charge in [-0.15, -0.1) is 0 Å². The highest BCUT2D eigenvalue weighted by Crippen LogP contribution is 2.31. The molecule has 1 aliphatic heterocycles. The summed E-state index contributed by atoms with van der Waals surface area (Å²) in [6.45, 7) is 3.34. The number of nitrogens with one attached hydrogen (secondary N) is 1. The Hall–Kier alpha value is -2.82. The normalized spacial score (nSPS) is 17.6. The van der Waals surface area contributed by atoms with Crippen LogP contribution in [-0.2, 0) is 0 Å². The molecule has 0 spiro atoms. The quantitative estimate of drug-likeness (QED) is 0.787.